The van der Waals surface area contributed by atoms with E-state index in [1.807, 2.05) is 61.5 Å². The molecule has 0 aliphatic carbocycles. The van der Waals surface area contributed by atoms with Crippen molar-refractivity contribution in [2.75, 3.05) is 6.26 Å². The molecule has 0 bridgehead atoms. The van der Waals surface area contributed by atoms with Crippen LogP contribution in [0.5, 0.6) is 0 Å². The van der Waals surface area contributed by atoms with Crippen molar-refractivity contribution in [2.45, 2.75) is 11.8 Å². The van der Waals surface area contributed by atoms with Crippen molar-refractivity contribution < 1.29 is 4.21 Å². The van der Waals surface area contributed by atoms with Gasteiger partial charge in [-0.2, -0.15) is 4.36 Å². The molecule has 2 rings (SSSR count). The lowest BCUT2D eigenvalue weighted by molar-refractivity contribution is 0.681. The van der Waals surface area contributed by atoms with Crippen molar-refractivity contribution in [3.05, 3.63) is 60.2 Å². The number of hydrogen-bond acceptors (Lipinski definition) is 2. The third-order valence-electron chi connectivity index (χ3n) is 2.49. The van der Waals surface area contributed by atoms with Gasteiger partial charge in [-0.25, -0.2) is 4.21 Å². The van der Waals surface area contributed by atoms with Gasteiger partial charge in [0, 0.05) is 11.2 Å². The molecule has 3 heteroatoms. The molecule has 1 atom stereocenters. The Morgan fingerprint density at radius 2 is 1.53 bits per heavy atom. The van der Waals surface area contributed by atoms with Crippen molar-refractivity contribution in [3.8, 4) is 0 Å². The van der Waals surface area contributed by atoms with Gasteiger partial charge in [-0.1, -0.05) is 35.9 Å². The summed E-state index contributed by atoms with van der Waals surface area (Å²) in [6.45, 7) is 2.02. The third-order valence-corrected chi connectivity index (χ3v) is 4.20. The van der Waals surface area contributed by atoms with E-state index in [4.69, 9.17) is 0 Å². The number of hydrogen-bond donors (Lipinski definition) is 0. The Labute approximate surface area is 102 Å². The Kier molecular flexibility index (Phi) is 3.29. The molecule has 0 saturated heterocycles. The second-order valence-corrected chi connectivity index (χ2v) is 6.30. The van der Waals surface area contributed by atoms with Crippen molar-refractivity contribution in [1.82, 2.24) is 0 Å². The number of benzene rings is 2. The molecular weight excluding hydrogens is 230 g/mol. The maximum Gasteiger partial charge on any atom is 0.0771 e. The first-order valence-electron chi connectivity index (χ1n) is 5.42. The minimum absolute atomic E-state index is 0.756. The molecule has 0 amide bonds. The molecular formula is C14H15NOS. The summed E-state index contributed by atoms with van der Waals surface area (Å²) < 4.78 is 16.8. The van der Waals surface area contributed by atoms with Crippen LogP contribution in [0.3, 0.4) is 0 Å². The summed E-state index contributed by atoms with van der Waals surface area (Å²) in [7, 11) is -2.35. The molecule has 0 spiro atoms. The summed E-state index contributed by atoms with van der Waals surface area (Å²) in [6, 6.07) is 17.1. The first kappa shape index (κ1) is 11.9. The van der Waals surface area contributed by atoms with Gasteiger partial charge in [0.05, 0.1) is 15.4 Å². The molecule has 2 aromatic rings. The van der Waals surface area contributed by atoms with Crippen LogP contribution in [0, 0.1) is 6.92 Å². The van der Waals surface area contributed by atoms with Crippen molar-refractivity contribution >= 4 is 15.4 Å². The van der Waals surface area contributed by atoms with E-state index < -0.39 is 9.73 Å². The Morgan fingerprint density at radius 1 is 0.941 bits per heavy atom. The smallest absolute Gasteiger partial charge is 0.0771 e. The van der Waals surface area contributed by atoms with Crippen molar-refractivity contribution in [3.63, 3.8) is 0 Å². The summed E-state index contributed by atoms with van der Waals surface area (Å²) in [6.07, 6.45) is 1.67. The minimum Gasteiger partial charge on any atom is -0.245 e. The number of aryl methyl sites for hydroxylation is 1. The van der Waals surface area contributed by atoms with Gasteiger partial charge in [0.15, 0.2) is 0 Å². The van der Waals surface area contributed by atoms with Gasteiger partial charge in [-0.15, -0.1) is 0 Å². The van der Waals surface area contributed by atoms with E-state index in [2.05, 4.69) is 4.36 Å². The third kappa shape index (κ3) is 2.94. The fourth-order valence-corrected chi connectivity index (χ4v) is 2.82. The maximum absolute atomic E-state index is 12.5. The first-order chi connectivity index (χ1) is 8.08. The standard InChI is InChI=1S/C14H15NOS/c1-12-8-10-13(11-9-12)15-17(2,16)14-6-4-3-5-7-14/h3-11H,1-2H3. The van der Waals surface area contributed by atoms with Crippen molar-refractivity contribution in [1.29, 1.82) is 0 Å². The lowest BCUT2D eigenvalue weighted by Gasteiger charge is -2.04. The minimum atomic E-state index is -2.35. The summed E-state index contributed by atoms with van der Waals surface area (Å²) in [5, 5.41) is 0. The van der Waals surface area contributed by atoms with E-state index in [1.165, 1.54) is 5.56 Å². The molecule has 1 unspecified atom stereocenters. The molecule has 0 heterocycles. The topological polar surface area (TPSA) is 29.4 Å². The Morgan fingerprint density at radius 3 is 2.12 bits per heavy atom. The van der Waals surface area contributed by atoms with Crippen LogP contribution in [-0.4, -0.2) is 10.5 Å². The van der Waals surface area contributed by atoms with Gasteiger partial charge in [-0.05, 0) is 31.2 Å². The summed E-state index contributed by atoms with van der Waals surface area (Å²) >= 11 is 0. The van der Waals surface area contributed by atoms with Crippen LogP contribution < -0.4 is 0 Å². The highest BCUT2D eigenvalue weighted by atomic mass is 32.2. The normalized spacial score (nSPS) is 14.0. The fraction of sp³-hybridized carbons (Fsp3) is 0.143. The van der Waals surface area contributed by atoms with E-state index in [0.29, 0.717) is 0 Å². The second-order valence-electron chi connectivity index (χ2n) is 4.04. The van der Waals surface area contributed by atoms with Crippen molar-refractivity contribution in [2.24, 2.45) is 4.36 Å². The molecule has 2 nitrogen and oxygen atoms in total. The van der Waals surface area contributed by atoms with E-state index in [1.54, 1.807) is 6.26 Å². The highest BCUT2D eigenvalue weighted by Gasteiger charge is 2.04. The predicted molar refractivity (Wildman–Crippen MR) is 72.0 cm³/mol. The zero-order chi connectivity index (χ0) is 12.3. The van der Waals surface area contributed by atoms with Gasteiger partial charge in [0.25, 0.3) is 0 Å². The molecule has 0 N–H and O–H groups in total. The number of rotatable bonds is 2. The summed E-state index contributed by atoms with van der Waals surface area (Å²) in [5.74, 6) is 0. The molecule has 88 valence electrons. The summed E-state index contributed by atoms with van der Waals surface area (Å²) in [5.41, 5.74) is 1.93. The Hall–Kier alpha value is -1.61. The molecule has 0 aliphatic heterocycles. The van der Waals surface area contributed by atoms with Gasteiger partial charge in [0.1, 0.15) is 0 Å². The molecule has 0 aromatic heterocycles. The van der Waals surface area contributed by atoms with Gasteiger partial charge in [0.2, 0.25) is 0 Å². The second kappa shape index (κ2) is 4.72. The quantitative estimate of drug-likeness (QED) is 0.791. The number of nitrogens with zero attached hydrogens (tertiary/aromatic N) is 1. The zero-order valence-electron chi connectivity index (χ0n) is 9.96. The predicted octanol–water partition coefficient (Wildman–Crippen LogP) is 3.78. The molecule has 0 radical (unpaired) electrons. The lowest BCUT2D eigenvalue weighted by atomic mass is 10.2. The lowest BCUT2D eigenvalue weighted by Crippen LogP contribution is -1.95. The molecule has 2 aromatic carbocycles. The average Bonchev–Trinajstić information content (AvgIpc) is 2.33. The Bertz CT molecular complexity index is 608. The van der Waals surface area contributed by atoms with Crippen LogP contribution in [0.2, 0.25) is 0 Å². The molecule has 17 heavy (non-hydrogen) atoms. The van der Waals surface area contributed by atoms with Crippen LogP contribution in [-0.2, 0) is 9.73 Å². The Balaban J connectivity index is 2.46. The average molecular weight is 245 g/mol. The first-order valence-corrected chi connectivity index (χ1v) is 7.34. The van der Waals surface area contributed by atoms with E-state index in [0.717, 1.165) is 10.6 Å². The van der Waals surface area contributed by atoms with Crippen LogP contribution in [0.25, 0.3) is 0 Å². The van der Waals surface area contributed by atoms with E-state index in [9.17, 15) is 4.21 Å². The molecule has 0 fully saturated rings. The summed E-state index contributed by atoms with van der Waals surface area (Å²) in [4.78, 5) is 0.764. The maximum atomic E-state index is 12.5. The highest BCUT2D eigenvalue weighted by molar-refractivity contribution is 7.93. The SMILES string of the molecule is Cc1ccc(N=S(C)(=O)c2ccccc2)cc1. The largest absolute Gasteiger partial charge is 0.245 e. The molecule has 0 aliphatic rings. The van der Waals surface area contributed by atoms with Crippen LogP contribution in [0.4, 0.5) is 5.69 Å². The van der Waals surface area contributed by atoms with E-state index >= 15 is 0 Å². The van der Waals surface area contributed by atoms with Gasteiger partial charge in [-0.3, -0.25) is 0 Å². The van der Waals surface area contributed by atoms with E-state index in [-0.39, 0.29) is 0 Å². The van der Waals surface area contributed by atoms with Crippen LogP contribution in [0.15, 0.2) is 63.9 Å². The van der Waals surface area contributed by atoms with Crippen LogP contribution >= 0.6 is 0 Å². The highest BCUT2D eigenvalue weighted by Crippen LogP contribution is 2.19. The monoisotopic (exact) mass is 245 g/mol. The fourth-order valence-electron chi connectivity index (χ4n) is 1.53. The molecule has 0 saturated carbocycles. The van der Waals surface area contributed by atoms with Gasteiger partial charge < -0.3 is 0 Å². The van der Waals surface area contributed by atoms with Crippen LogP contribution in [0.1, 0.15) is 5.56 Å². The zero-order valence-corrected chi connectivity index (χ0v) is 10.8. The van der Waals surface area contributed by atoms with Gasteiger partial charge >= 0.3 is 0 Å².